The molecular weight excluding hydrogens is 447 g/mol. The van der Waals surface area contributed by atoms with Gasteiger partial charge in [-0.2, -0.15) is 13.2 Å². The van der Waals surface area contributed by atoms with Crippen molar-refractivity contribution in [3.63, 3.8) is 0 Å². The van der Waals surface area contributed by atoms with E-state index in [-0.39, 0.29) is 29.3 Å². The molecule has 0 radical (unpaired) electrons. The molecule has 1 aromatic carbocycles. The summed E-state index contributed by atoms with van der Waals surface area (Å²) in [5.41, 5.74) is -0.386. The Morgan fingerprint density at radius 2 is 1.97 bits per heavy atom. The van der Waals surface area contributed by atoms with E-state index in [1.165, 1.54) is 12.4 Å². The number of carbonyl (C=O) groups excluding carboxylic acids is 1. The monoisotopic (exact) mass is 479 g/mol. The summed E-state index contributed by atoms with van der Waals surface area (Å²) in [4.78, 5) is 25.8. The number of likely N-dealkylation sites (tertiary alicyclic amines) is 1. The van der Waals surface area contributed by atoms with Crippen LogP contribution < -0.4 is 5.32 Å². The molecule has 2 aromatic rings. The predicted octanol–water partition coefficient (Wildman–Crippen LogP) is 3.94. The van der Waals surface area contributed by atoms with E-state index < -0.39 is 17.8 Å². The van der Waals surface area contributed by atoms with Crippen molar-refractivity contribution in [2.45, 2.75) is 76.0 Å². The Morgan fingerprint density at radius 3 is 2.65 bits per heavy atom. The number of aromatic nitrogens is 2. The number of fused-ring (bicyclic) bond motifs is 1. The van der Waals surface area contributed by atoms with Gasteiger partial charge in [-0.15, -0.1) is 0 Å². The number of nitrogens with one attached hydrogen (secondary N) is 1. The average molecular weight is 480 g/mol. The van der Waals surface area contributed by atoms with Gasteiger partial charge in [-0.25, -0.2) is 9.97 Å². The summed E-state index contributed by atoms with van der Waals surface area (Å²) in [5, 5.41) is 3.34. The number of rotatable bonds is 6. The lowest BCUT2D eigenvalue weighted by Crippen LogP contribution is -2.53. The van der Waals surface area contributed by atoms with E-state index in [1.54, 1.807) is 7.11 Å². The van der Waals surface area contributed by atoms with Crippen molar-refractivity contribution in [3.05, 3.63) is 30.1 Å². The van der Waals surface area contributed by atoms with E-state index in [2.05, 4.69) is 41.1 Å². The van der Waals surface area contributed by atoms with Gasteiger partial charge in [0, 0.05) is 31.1 Å². The zero-order chi connectivity index (χ0) is 24.6. The lowest BCUT2D eigenvalue weighted by Gasteiger charge is -2.43. The number of carbonyl (C=O) groups is 1. The molecule has 0 bridgehead atoms. The van der Waals surface area contributed by atoms with E-state index in [0.29, 0.717) is 30.6 Å². The first kappa shape index (κ1) is 24.7. The highest BCUT2D eigenvalue weighted by Gasteiger charge is 2.43. The number of alkyl halides is 3. The van der Waals surface area contributed by atoms with Gasteiger partial charge >= 0.3 is 6.18 Å². The number of hydrogen-bond donors (Lipinski definition) is 1. The molecule has 4 atom stereocenters. The summed E-state index contributed by atoms with van der Waals surface area (Å²) in [7, 11) is 3.82. The minimum Gasteiger partial charge on any atom is -0.379 e. The van der Waals surface area contributed by atoms with Gasteiger partial charge in [0.2, 0.25) is 5.91 Å². The van der Waals surface area contributed by atoms with Gasteiger partial charge < -0.3 is 19.9 Å². The topological polar surface area (TPSA) is 70.6 Å². The largest absolute Gasteiger partial charge is 0.416 e. The van der Waals surface area contributed by atoms with Crippen LogP contribution in [0.5, 0.6) is 0 Å². The molecule has 2 fully saturated rings. The maximum atomic E-state index is 13.3. The highest BCUT2D eigenvalue weighted by Crippen LogP contribution is 2.34. The molecule has 2 heterocycles. The van der Waals surface area contributed by atoms with Crippen LogP contribution in [0.25, 0.3) is 10.9 Å². The lowest BCUT2D eigenvalue weighted by atomic mass is 9.86. The SMILES string of the molecule is CO[C@H]1C[C@H](N(C)C(C)C)CC[C@@H]1N1CC[C@H](Nc2ncnc3ccc(C(F)(F)F)cc23)C1=O. The van der Waals surface area contributed by atoms with Gasteiger partial charge in [-0.1, -0.05) is 0 Å². The minimum absolute atomic E-state index is 0.0138. The first-order valence-corrected chi connectivity index (χ1v) is 11.7. The highest BCUT2D eigenvalue weighted by molar-refractivity contribution is 5.93. The Labute approximate surface area is 197 Å². The first-order valence-electron chi connectivity index (χ1n) is 11.7. The van der Waals surface area contributed by atoms with Gasteiger partial charge in [0.25, 0.3) is 0 Å². The van der Waals surface area contributed by atoms with Crippen LogP contribution in [0.2, 0.25) is 0 Å². The van der Waals surface area contributed by atoms with Gasteiger partial charge in [0.05, 0.1) is 23.2 Å². The molecule has 7 nitrogen and oxygen atoms in total. The van der Waals surface area contributed by atoms with Crippen LogP contribution in [0.4, 0.5) is 19.0 Å². The van der Waals surface area contributed by atoms with Crippen molar-refractivity contribution < 1.29 is 22.7 Å². The summed E-state index contributed by atoms with van der Waals surface area (Å²) < 4.78 is 45.5. The van der Waals surface area contributed by atoms with Crippen LogP contribution in [-0.2, 0) is 15.7 Å². The molecule has 4 rings (SSSR count). The molecule has 10 heteroatoms. The van der Waals surface area contributed by atoms with Crippen LogP contribution in [0.1, 0.15) is 45.1 Å². The second-order valence-corrected chi connectivity index (χ2v) is 9.54. The lowest BCUT2D eigenvalue weighted by molar-refractivity contribution is -0.137. The fraction of sp³-hybridized carbons (Fsp3) is 0.625. The van der Waals surface area contributed by atoms with Crippen LogP contribution in [-0.4, -0.2) is 76.6 Å². The first-order chi connectivity index (χ1) is 16.1. The normalized spacial score (nSPS) is 26.1. The van der Waals surface area contributed by atoms with E-state index in [9.17, 15) is 18.0 Å². The number of hydrogen-bond acceptors (Lipinski definition) is 6. The summed E-state index contributed by atoms with van der Waals surface area (Å²) in [6.07, 6.45) is 0.000543. The van der Waals surface area contributed by atoms with Crippen molar-refractivity contribution in [2.75, 3.05) is 26.0 Å². The van der Waals surface area contributed by atoms with E-state index >= 15 is 0 Å². The molecule has 34 heavy (non-hydrogen) atoms. The molecule has 186 valence electrons. The van der Waals surface area contributed by atoms with Crippen LogP contribution >= 0.6 is 0 Å². The minimum atomic E-state index is -4.47. The molecule has 1 N–H and O–H groups in total. The van der Waals surface area contributed by atoms with E-state index in [1.807, 2.05) is 4.90 Å². The smallest absolute Gasteiger partial charge is 0.379 e. The fourth-order valence-corrected chi connectivity index (χ4v) is 5.17. The number of anilines is 1. The number of methoxy groups -OCH3 is 1. The molecule has 2 aliphatic rings. The van der Waals surface area contributed by atoms with Crippen molar-refractivity contribution in [2.24, 2.45) is 0 Å². The quantitative estimate of drug-likeness (QED) is 0.677. The Morgan fingerprint density at radius 1 is 1.21 bits per heavy atom. The maximum Gasteiger partial charge on any atom is 0.416 e. The van der Waals surface area contributed by atoms with Crippen molar-refractivity contribution in [1.82, 2.24) is 19.8 Å². The molecule has 1 aliphatic carbocycles. The summed E-state index contributed by atoms with van der Waals surface area (Å²) in [5.74, 6) is 0.170. The van der Waals surface area contributed by atoms with Gasteiger partial charge in [-0.05, 0) is 64.8 Å². The highest BCUT2D eigenvalue weighted by atomic mass is 19.4. The molecule has 1 saturated carbocycles. The molecule has 1 saturated heterocycles. The van der Waals surface area contributed by atoms with Gasteiger partial charge in [-0.3, -0.25) is 4.79 Å². The molecule has 1 amide bonds. The Balaban J connectivity index is 1.49. The maximum absolute atomic E-state index is 13.3. The summed E-state index contributed by atoms with van der Waals surface area (Å²) in [6, 6.07) is 3.62. The number of benzene rings is 1. The van der Waals surface area contributed by atoms with E-state index in [0.717, 1.165) is 31.4 Å². The van der Waals surface area contributed by atoms with Crippen LogP contribution in [0.3, 0.4) is 0 Å². The average Bonchev–Trinajstić information content (AvgIpc) is 3.17. The molecule has 1 aromatic heterocycles. The third kappa shape index (κ3) is 4.84. The zero-order valence-electron chi connectivity index (χ0n) is 20.0. The van der Waals surface area contributed by atoms with E-state index in [4.69, 9.17) is 4.74 Å². The third-order valence-corrected chi connectivity index (χ3v) is 7.34. The standard InChI is InChI=1S/C24H32F3N5O2/c1-14(2)31(3)16-6-8-20(21(12-16)34-4)32-10-9-19(23(32)33)30-22-17-11-15(24(25,26)27)5-7-18(17)28-13-29-22/h5,7,11,13-14,16,19-21H,6,8-10,12H2,1-4H3,(H,28,29,30)/t16-,19+,20+,21+/m1/s1. The van der Waals surface area contributed by atoms with Crippen LogP contribution in [0.15, 0.2) is 24.5 Å². The fourth-order valence-electron chi connectivity index (χ4n) is 5.17. The number of halogens is 3. The molecule has 1 aliphatic heterocycles. The number of ether oxygens (including phenoxy) is 1. The summed E-state index contributed by atoms with van der Waals surface area (Å²) >= 11 is 0. The third-order valence-electron chi connectivity index (χ3n) is 7.34. The Hall–Kier alpha value is -2.46. The summed E-state index contributed by atoms with van der Waals surface area (Å²) in [6.45, 7) is 4.91. The van der Waals surface area contributed by atoms with Crippen molar-refractivity contribution >= 4 is 22.6 Å². The number of nitrogens with zero attached hydrogens (tertiary/aromatic N) is 4. The Kier molecular flexibility index (Phi) is 7.00. The van der Waals surface area contributed by atoms with Crippen molar-refractivity contribution in [3.8, 4) is 0 Å². The number of amides is 1. The molecule has 0 spiro atoms. The van der Waals surface area contributed by atoms with Crippen LogP contribution in [0, 0.1) is 0 Å². The Bertz CT molecular complexity index is 1030. The molecular formula is C24H32F3N5O2. The predicted molar refractivity (Wildman–Crippen MR) is 123 cm³/mol. The van der Waals surface area contributed by atoms with Gasteiger partial charge in [0.1, 0.15) is 18.2 Å². The second-order valence-electron chi connectivity index (χ2n) is 9.54. The molecule has 0 unspecified atom stereocenters. The van der Waals surface area contributed by atoms with Crippen molar-refractivity contribution in [1.29, 1.82) is 0 Å². The zero-order valence-corrected chi connectivity index (χ0v) is 20.0. The second kappa shape index (κ2) is 9.65. The van der Waals surface area contributed by atoms with Gasteiger partial charge in [0.15, 0.2) is 0 Å².